The molecular weight excluding hydrogens is 287 g/mol. The van der Waals surface area contributed by atoms with Gasteiger partial charge in [-0.1, -0.05) is 19.0 Å². The van der Waals surface area contributed by atoms with Crippen LogP contribution < -0.4 is 5.32 Å². The number of nitrogens with zero attached hydrogens (tertiary/aromatic N) is 1. The van der Waals surface area contributed by atoms with Crippen molar-refractivity contribution >= 4 is 5.91 Å². The minimum Gasteiger partial charge on any atom is -0.365 e. The zero-order valence-electron chi connectivity index (χ0n) is 12.6. The smallest absolute Gasteiger partial charge is 0.246 e. The first-order valence-corrected chi connectivity index (χ1v) is 7.10. The summed E-state index contributed by atoms with van der Waals surface area (Å²) in [4.78, 5) is 11.5. The van der Waals surface area contributed by atoms with Gasteiger partial charge in [0.15, 0.2) is 5.76 Å². The van der Waals surface area contributed by atoms with E-state index in [9.17, 15) is 9.18 Å². The van der Waals surface area contributed by atoms with Crippen molar-refractivity contribution in [1.82, 2.24) is 10.5 Å². The largest absolute Gasteiger partial charge is 0.365 e. The van der Waals surface area contributed by atoms with E-state index in [-0.39, 0.29) is 24.9 Å². The molecule has 0 bridgehead atoms. The fourth-order valence-corrected chi connectivity index (χ4v) is 1.75. The summed E-state index contributed by atoms with van der Waals surface area (Å²) < 4.78 is 23.3. The zero-order valence-corrected chi connectivity index (χ0v) is 12.6. The molecule has 6 heteroatoms. The number of halogens is 1. The standard InChI is InChI=1S/C16H19FN2O3/c1-11(2)8-18-16(20)10-21-9-14-7-15(22-19-14)12-3-5-13(17)6-4-12/h3-7,11H,8-10H2,1-2H3,(H,18,20). The molecule has 0 saturated carbocycles. The SMILES string of the molecule is CC(C)CNC(=O)COCc1cc(-c2ccc(F)cc2)on1. The van der Waals surface area contributed by atoms with Crippen LogP contribution in [0.15, 0.2) is 34.9 Å². The second kappa shape index (κ2) is 7.70. The Morgan fingerprint density at radius 3 is 2.77 bits per heavy atom. The van der Waals surface area contributed by atoms with E-state index in [4.69, 9.17) is 9.26 Å². The fraction of sp³-hybridized carbons (Fsp3) is 0.375. The van der Waals surface area contributed by atoms with E-state index in [0.717, 1.165) is 5.56 Å². The van der Waals surface area contributed by atoms with E-state index in [2.05, 4.69) is 10.5 Å². The second-order valence-electron chi connectivity index (χ2n) is 5.38. The molecule has 0 aliphatic carbocycles. The van der Waals surface area contributed by atoms with Gasteiger partial charge in [0.1, 0.15) is 18.1 Å². The maximum atomic E-state index is 12.9. The highest BCUT2D eigenvalue weighted by atomic mass is 19.1. The Kier molecular flexibility index (Phi) is 5.66. The molecule has 118 valence electrons. The minimum atomic E-state index is -0.306. The Balaban J connectivity index is 1.80. The number of carbonyl (C=O) groups is 1. The van der Waals surface area contributed by atoms with Gasteiger partial charge in [0.05, 0.1) is 6.61 Å². The van der Waals surface area contributed by atoms with Crippen molar-refractivity contribution in [2.24, 2.45) is 5.92 Å². The Morgan fingerprint density at radius 1 is 1.36 bits per heavy atom. The number of carbonyl (C=O) groups excluding carboxylic acids is 1. The molecule has 22 heavy (non-hydrogen) atoms. The van der Waals surface area contributed by atoms with Crippen LogP contribution in [0.25, 0.3) is 11.3 Å². The summed E-state index contributed by atoms with van der Waals surface area (Å²) in [5.74, 6) is 0.468. The monoisotopic (exact) mass is 306 g/mol. The van der Waals surface area contributed by atoms with Crippen LogP contribution in [0.5, 0.6) is 0 Å². The average Bonchev–Trinajstić information content (AvgIpc) is 2.95. The molecule has 0 aliphatic heterocycles. The summed E-state index contributed by atoms with van der Waals surface area (Å²) in [7, 11) is 0. The topological polar surface area (TPSA) is 64.4 Å². The highest BCUT2D eigenvalue weighted by molar-refractivity contribution is 5.77. The van der Waals surface area contributed by atoms with Gasteiger partial charge in [0.25, 0.3) is 0 Å². The van der Waals surface area contributed by atoms with Gasteiger partial charge in [-0.2, -0.15) is 0 Å². The van der Waals surface area contributed by atoms with E-state index >= 15 is 0 Å². The summed E-state index contributed by atoms with van der Waals surface area (Å²) >= 11 is 0. The molecule has 0 atom stereocenters. The maximum Gasteiger partial charge on any atom is 0.246 e. The Labute approximate surface area is 128 Å². The number of rotatable bonds is 7. The van der Waals surface area contributed by atoms with Crippen LogP contribution >= 0.6 is 0 Å². The van der Waals surface area contributed by atoms with Gasteiger partial charge in [-0.15, -0.1) is 0 Å². The molecule has 2 aromatic rings. The number of aromatic nitrogens is 1. The number of hydrogen-bond acceptors (Lipinski definition) is 4. The Bertz CT molecular complexity index is 608. The lowest BCUT2D eigenvalue weighted by Gasteiger charge is -2.07. The third-order valence-electron chi connectivity index (χ3n) is 2.88. The molecule has 0 spiro atoms. The first-order valence-electron chi connectivity index (χ1n) is 7.10. The van der Waals surface area contributed by atoms with Gasteiger partial charge < -0.3 is 14.6 Å². The normalized spacial score (nSPS) is 10.9. The van der Waals surface area contributed by atoms with Gasteiger partial charge in [-0.05, 0) is 30.2 Å². The van der Waals surface area contributed by atoms with Crippen molar-refractivity contribution in [3.05, 3.63) is 41.8 Å². The third-order valence-corrected chi connectivity index (χ3v) is 2.88. The lowest BCUT2D eigenvalue weighted by molar-refractivity contribution is -0.126. The summed E-state index contributed by atoms with van der Waals surface area (Å²) in [6.07, 6.45) is 0. The Hall–Kier alpha value is -2.21. The molecule has 0 unspecified atom stereocenters. The van der Waals surface area contributed by atoms with Crippen LogP contribution in [0.1, 0.15) is 19.5 Å². The fourth-order valence-electron chi connectivity index (χ4n) is 1.75. The molecule has 1 aromatic carbocycles. The van der Waals surface area contributed by atoms with Gasteiger partial charge >= 0.3 is 0 Å². The average molecular weight is 306 g/mol. The molecule has 1 amide bonds. The summed E-state index contributed by atoms with van der Waals surface area (Å²) in [5.41, 5.74) is 1.31. The molecule has 1 aromatic heterocycles. The van der Waals surface area contributed by atoms with Crippen molar-refractivity contribution in [2.45, 2.75) is 20.5 Å². The van der Waals surface area contributed by atoms with Crippen LogP contribution in [0.2, 0.25) is 0 Å². The van der Waals surface area contributed by atoms with Crippen LogP contribution in [-0.2, 0) is 16.1 Å². The molecule has 0 fully saturated rings. The molecular formula is C16H19FN2O3. The van der Waals surface area contributed by atoms with Crippen molar-refractivity contribution in [3.8, 4) is 11.3 Å². The molecule has 5 nitrogen and oxygen atoms in total. The first-order chi connectivity index (χ1) is 10.5. The summed E-state index contributed by atoms with van der Waals surface area (Å²) in [5, 5.41) is 6.62. The highest BCUT2D eigenvalue weighted by Crippen LogP contribution is 2.20. The van der Waals surface area contributed by atoms with E-state index in [0.29, 0.717) is 23.9 Å². The number of benzene rings is 1. The predicted octanol–water partition coefficient (Wildman–Crippen LogP) is 2.77. The number of ether oxygens (including phenoxy) is 1. The van der Waals surface area contributed by atoms with Crippen molar-refractivity contribution in [1.29, 1.82) is 0 Å². The van der Waals surface area contributed by atoms with E-state index in [1.54, 1.807) is 18.2 Å². The van der Waals surface area contributed by atoms with Crippen LogP contribution in [-0.4, -0.2) is 24.2 Å². The van der Waals surface area contributed by atoms with E-state index < -0.39 is 0 Å². The van der Waals surface area contributed by atoms with E-state index in [1.165, 1.54) is 12.1 Å². The quantitative estimate of drug-likeness (QED) is 0.854. The lowest BCUT2D eigenvalue weighted by Crippen LogP contribution is -2.30. The van der Waals surface area contributed by atoms with Crippen molar-refractivity contribution in [3.63, 3.8) is 0 Å². The third kappa shape index (κ3) is 4.96. The van der Waals surface area contributed by atoms with Crippen LogP contribution in [0.4, 0.5) is 4.39 Å². The summed E-state index contributed by atoms with van der Waals surface area (Å²) in [6.45, 7) is 4.83. The first kappa shape index (κ1) is 16.2. The minimum absolute atomic E-state index is 0.0224. The number of nitrogens with one attached hydrogen (secondary N) is 1. The van der Waals surface area contributed by atoms with Gasteiger partial charge in [-0.3, -0.25) is 4.79 Å². The lowest BCUT2D eigenvalue weighted by atomic mass is 10.1. The highest BCUT2D eigenvalue weighted by Gasteiger charge is 2.08. The van der Waals surface area contributed by atoms with Crippen LogP contribution in [0, 0.1) is 11.7 Å². The van der Waals surface area contributed by atoms with Gasteiger partial charge in [0, 0.05) is 18.2 Å². The summed E-state index contributed by atoms with van der Waals surface area (Å²) in [6, 6.07) is 7.64. The Morgan fingerprint density at radius 2 is 2.09 bits per heavy atom. The molecule has 0 aliphatic rings. The van der Waals surface area contributed by atoms with Crippen molar-refractivity contribution < 1.29 is 18.4 Å². The van der Waals surface area contributed by atoms with Crippen LogP contribution in [0.3, 0.4) is 0 Å². The second-order valence-corrected chi connectivity index (χ2v) is 5.38. The van der Waals surface area contributed by atoms with Crippen molar-refractivity contribution in [2.75, 3.05) is 13.2 Å². The van der Waals surface area contributed by atoms with E-state index in [1.807, 2.05) is 13.8 Å². The number of hydrogen-bond donors (Lipinski definition) is 1. The predicted molar refractivity (Wildman–Crippen MR) is 79.4 cm³/mol. The molecule has 0 saturated heterocycles. The molecule has 0 radical (unpaired) electrons. The molecule has 1 heterocycles. The number of amides is 1. The maximum absolute atomic E-state index is 12.9. The van der Waals surface area contributed by atoms with Gasteiger partial charge in [-0.25, -0.2) is 4.39 Å². The molecule has 2 rings (SSSR count). The zero-order chi connectivity index (χ0) is 15.9. The molecule has 1 N–H and O–H groups in total. The van der Waals surface area contributed by atoms with Gasteiger partial charge in [0.2, 0.25) is 5.91 Å².